The molecule has 0 aliphatic heterocycles. The van der Waals surface area contributed by atoms with E-state index in [1.54, 1.807) is 7.11 Å². The van der Waals surface area contributed by atoms with Crippen LogP contribution in [0.15, 0.2) is 0 Å². The Hall–Kier alpha value is -0.610. The van der Waals surface area contributed by atoms with Gasteiger partial charge in [0.15, 0.2) is 6.10 Å². The Morgan fingerprint density at radius 3 is 2.41 bits per heavy atom. The second kappa shape index (κ2) is 8.48. The summed E-state index contributed by atoms with van der Waals surface area (Å²) < 4.78 is 15.6. The topological polar surface area (TPSA) is 44.8 Å². The number of carbonyl (C=O) groups excluding carboxylic acids is 1. The van der Waals surface area contributed by atoms with Gasteiger partial charge in [0.1, 0.15) is 0 Å². The van der Waals surface area contributed by atoms with E-state index in [2.05, 4.69) is 6.92 Å². The molecule has 0 saturated carbocycles. The van der Waals surface area contributed by atoms with E-state index < -0.39 is 6.10 Å². The van der Waals surface area contributed by atoms with Crippen molar-refractivity contribution in [2.24, 2.45) is 0 Å². The van der Waals surface area contributed by atoms with E-state index in [0.717, 1.165) is 25.7 Å². The number of hydrogen-bond acceptors (Lipinski definition) is 4. The second-order valence-electron chi connectivity index (χ2n) is 4.74. The zero-order chi connectivity index (χ0) is 13.3. The van der Waals surface area contributed by atoms with Crippen LogP contribution in [0.5, 0.6) is 0 Å². The highest BCUT2D eigenvalue weighted by Gasteiger charge is 2.21. The van der Waals surface area contributed by atoms with E-state index in [4.69, 9.17) is 14.2 Å². The van der Waals surface area contributed by atoms with Crippen LogP contribution in [0.25, 0.3) is 0 Å². The van der Waals surface area contributed by atoms with Crippen molar-refractivity contribution in [1.29, 1.82) is 0 Å². The molecule has 1 unspecified atom stereocenters. The third kappa shape index (κ3) is 7.34. The second-order valence-corrected chi connectivity index (χ2v) is 4.74. The Morgan fingerprint density at radius 1 is 1.29 bits per heavy atom. The minimum Gasteiger partial charge on any atom is -0.467 e. The molecule has 1 atom stereocenters. The molecule has 0 radical (unpaired) electrons. The highest BCUT2D eigenvalue weighted by molar-refractivity contribution is 5.74. The smallest absolute Gasteiger partial charge is 0.334 e. The van der Waals surface area contributed by atoms with Gasteiger partial charge in [0.2, 0.25) is 0 Å². The van der Waals surface area contributed by atoms with Crippen LogP contribution in [0, 0.1) is 0 Å². The van der Waals surface area contributed by atoms with Crippen molar-refractivity contribution >= 4 is 5.97 Å². The van der Waals surface area contributed by atoms with Crippen LogP contribution in [0.4, 0.5) is 0 Å². The van der Waals surface area contributed by atoms with Crippen molar-refractivity contribution in [3.05, 3.63) is 0 Å². The first-order valence-corrected chi connectivity index (χ1v) is 6.21. The minimum atomic E-state index is -0.437. The van der Waals surface area contributed by atoms with Gasteiger partial charge in [0, 0.05) is 7.11 Å². The molecule has 4 heteroatoms. The maximum absolute atomic E-state index is 11.5. The number of unbranched alkanes of at least 4 members (excludes halogenated alkanes) is 1. The number of rotatable bonds is 9. The van der Waals surface area contributed by atoms with Crippen LogP contribution in [0.3, 0.4) is 0 Å². The highest BCUT2D eigenvalue weighted by Crippen LogP contribution is 2.14. The van der Waals surface area contributed by atoms with E-state index in [1.165, 1.54) is 7.11 Å². The third-order valence-corrected chi connectivity index (χ3v) is 2.86. The lowest BCUT2D eigenvalue weighted by atomic mass is 10.1. The van der Waals surface area contributed by atoms with Crippen LogP contribution < -0.4 is 0 Å². The van der Waals surface area contributed by atoms with Gasteiger partial charge in [-0.25, -0.2) is 4.79 Å². The molecule has 0 fully saturated rings. The predicted octanol–water partition coefficient (Wildman–Crippen LogP) is 2.55. The molecule has 0 heterocycles. The Kier molecular flexibility index (Phi) is 8.17. The first-order chi connectivity index (χ1) is 7.96. The number of hydrogen-bond donors (Lipinski definition) is 0. The minimum absolute atomic E-state index is 0.217. The van der Waals surface area contributed by atoms with Crippen LogP contribution in [-0.4, -0.2) is 38.5 Å². The molecule has 4 nitrogen and oxygen atoms in total. The molecule has 0 aromatic heterocycles. The Bertz CT molecular complexity index is 213. The van der Waals surface area contributed by atoms with Crippen LogP contribution in [0.1, 0.15) is 46.5 Å². The molecule has 17 heavy (non-hydrogen) atoms. The molecule has 0 spiro atoms. The maximum atomic E-state index is 11.5. The maximum Gasteiger partial charge on any atom is 0.334 e. The summed E-state index contributed by atoms with van der Waals surface area (Å²) in [5.74, 6) is -0.284. The SMILES string of the molecule is CCCCC(OCCC(C)(C)OC)C(=O)OC. The highest BCUT2D eigenvalue weighted by atomic mass is 16.6. The van der Waals surface area contributed by atoms with E-state index in [9.17, 15) is 4.79 Å². The number of methoxy groups -OCH3 is 2. The molecule has 102 valence electrons. The fourth-order valence-corrected chi connectivity index (χ4v) is 1.34. The van der Waals surface area contributed by atoms with Crippen LogP contribution in [-0.2, 0) is 19.0 Å². The molecule has 0 N–H and O–H groups in total. The van der Waals surface area contributed by atoms with E-state index >= 15 is 0 Å². The van der Waals surface area contributed by atoms with E-state index in [1.807, 2.05) is 13.8 Å². The summed E-state index contributed by atoms with van der Waals surface area (Å²) in [6.07, 6.45) is 3.04. The van der Waals surface area contributed by atoms with Crippen molar-refractivity contribution in [2.75, 3.05) is 20.8 Å². The summed E-state index contributed by atoms with van der Waals surface area (Å²) >= 11 is 0. The summed E-state index contributed by atoms with van der Waals surface area (Å²) in [6.45, 7) is 6.58. The van der Waals surface area contributed by atoms with Crippen molar-refractivity contribution in [1.82, 2.24) is 0 Å². The van der Waals surface area contributed by atoms with Gasteiger partial charge in [0.25, 0.3) is 0 Å². The van der Waals surface area contributed by atoms with Crippen LogP contribution in [0.2, 0.25) is 0 Å². The molecule has 0 amide bonds. The fraction of sp³-hybridized carbons (Fsp3) is 0.923. The Labute approximate surface area is 105 Å². The zero-order valence-corrected chi connectivity index (χ0v) is 11.7. The summed E-state index contributed by atoms with van der Waals surface area (Å²) in [4.78, 5) is 11.5. The van der Waals surface area contributed by atoms with E-state index in [0.29, 0.717) is 6.61 Å². The van der Waals surface area contributed by atoms with Crippen molar-refractivity contribution in [2.45, 2.75) is 58.2 Å². The predicted molar refractivity (Wildman–Crippen MR) is 67.0 cm³/mol. The molecule has 0 aliphatic carbocycles. The quantitative estimate of drug-likeness (QED) is 0.586. The first-order valence-electron chi connectivity index (χ1n) is 6.21. The molecule has 0 aliphatic rings. The summed E-state index contributed by atoms with van der Waals surface area (Å²) in [7, 11) is 3.07. The third-order valence-electron chi connectivity index (χ3n) is 2.86. The summed E-state index contributed by atoms with van der Waals surface area (Å²) in [6, 6.07) is 0. The van der Waals surface area contributed by atoms with Crippen LogP contribution >= 0.6 is 0 Å². The number of carbonyl (C=O) groups is 1. The molecule has 0 aromatic rings. The molecule has 0 bridgehead atoms. The van der Waals surface area contributed by atoms with Crippen molar-refractivity contribution < 1.29 is 19.0 Å². The zero-order valence-electron chi connectivity index (χ0n) is 11.7. The molecule has 0 aromatic carbocycles. The van der Waals surface area contributed by atoms with Gasteiger partial charge in [-0.3, -0.25) is 0 Å². The number of esters is 1. The summed E-state index contributed by atoms with van der Waals surface area (Å²) in [5, 5.41) is 0. The van der Waals surface area contributed by atoms with Crippen molar-refractivity contribution in [3.63, 3.8) is 0 Å². The fourth-order valence-electron chi connectivity index (χ4n) is 1.34. The van der Waals surface area contributed by atoms with Gasteiger partial charge in [-0.2, -0.15) is 0 Å². The molecular formula is C13H26O4. The van der Waals surface area contributed by atoms with Gasteiger partial charge < -0.3 is 14.2 Å². The largest absolute Gasteiger partial charge is 0.467 e. The molecule has 0 rings (SSSR count). The molecule has 0 saturated heterocycles. The average Bonchev–Trinajstić information content (AvgIpc) is 2.32. The van der Waals surface area contributed by atoms with Gasteiger partial charge in [0.05, 0.1) is 19.3 Å². The van der Waals surface area contributed by atoms with Crippen molar-refractivity contribution in [3.8, 4) is 0 Å². The van der Waals surface area contributed by atoms with E-state index in [-0.39, 0.29) is 11.6 Å². The van der Waals surface area contributed by atoms with Gasteiger partial charge in [-0.1, -0.05) is 19.8 Å². The van der Waals surface area contributed by atoms with Gasteiger partial charge in [-0.15, -0.1) is 0 Å². The average molecular weight is 246 g/mol. The normalized spacial score (nSPS) is 13.5. The Morgan fingerprint density at radius 2 is 1.94 bits per heavy atom. The lowest BCUT2D eigenvalue weighted by Crippen LogP contribution is -2.30. The van der Waals surface area contributed by atoms with Gasteiger partial charge >= 0.3 is 5.97 Å². The number of ether oxygens (including phenoxy) is 3. The Balaban J connectivity index is 4.03. The van der Waals surface area contributed by atoms with Gasteiger partial charge in [-0.05, 0) is 26.7 Å². The summed E-state index contributed by atoms with van der Waals surface area (Å²) in [5.41, 5.74) is -0.217. The molecular weight excluding hydrogens is 220 g/mol. The lowest BCUT2D eigenvalue weighted by molar-refractivity contribution is -0.155. The lowest BCUT2D eigenvalue weighted by Gasteiger charge is -2.24. The monoisotopic (exact) mass is 246 g/mol. The standard InChI is InChI=1S/C13H26O4/c1-6-7-8-11(12(14)15-4)17-10-9-13(2,3)16-5/h11H,6-10H2,1-5H3. The first kappa shape index (κ1) is 16.4.